The van der Waals surface area contributed by atoms with Crippen molar-refractivity contribution in [2.45, 2.75) is 90.1 Å². The predicted octanol–water partition coefficient (Wildman–Crippen LogP) is 3.52. The molecular formula is C16H37N3. The van der Waals surface area contributed by atoms with Gasteiger partial charge in [0, 0.05) is 6.54 Å². The number of hydrogen-bond donors (Lipinski definition) is 3. The molecule has 0 aromatic carbocycles. The molecule has 0 aliphatic carbocycles. The third kappa shape index (κ3) is 14.1. The lowest BCUT2D eigenvalue weighted by molar-refractivity contribution is 0.362. The van der Waals surface area contributed by atoms with Crippen molar-refractivity contribution in [1.29, 1.82) is 0 Å². The summed E-state index contributed by atoms with van der Waals surface area (Å²) in [6.45, 7) is 6.27. The molecule has 0 bridgehead atoms. The van der Waals surface area contributed by atoms with Gasteiger partial charge in [-0.2, -0.15) is 0 Å². The van der Waals surface area contributed by atoms with Crippen molar-refractivity contribution in [3.63, 3.8) is 0 Å². The molecule has 0 atom stereocenters. The lowest BCUT2D eigenvalue weighted by Crippen LogP contribution is -2.56. The summed E-state index contributed by atoms with van der Waals surface area (Å²) in [5.41, 5.74) is 11.7. The average Bonchev–Trinajstić information content (AvgIpc) is 2.38. The molecule has 0 saturated carbocycles. The fraction of sp³-hybridized carbons (Fsp3) is 1.00. The first-order valence-corrected chi connectivity index (χ1v) is 8.41. The van der Waals surface area contributed by atoms with Crippen LogP contribution >= 0.6 is 0 Å². The Bertz CT molecular complexity index is 181. The minimum absolute atomic E-state index is 0.518. The molecule has 19 heavy (non-hydrogen) atoms. The van der Waals surface area contributed by atoms with E-state index < -0.39 is 5.66 Å². The standard InChI is InChI=1S/C16H37N3/c1-3-5-7-9-10-12-14-19-15-16(17,18)13-11-8-6-4-2/h19H,3-15,17-18H2,1-2H3. The SMILES string of the molecule is CCCCCCCCNCC(N)(N)CCCCCC. The highest BCUT2D eigenvalue weighted by Crippen LogP contribution is 2.08. The van der Waals surface area contributed by atoms with Crippen LogP contribution in [0.3, 0.4) is 0 Å². The van der Waals surface area contributed by atoms with Crippen LogP contribution in [-0.2, 0) is 0 Å². The Morgan fingerprint density at radius 3 is 1.89 bits per heavy atom. The van der Waals surface area contributed by atoms with Crippen LogP contribution in [0.5, 0.6) is 0 Å². The summed E-state index contributed by atoms with van der Waals surface area (Å²) >= 11 is 0. The first-order valence-electron chi connectivity index (χ1n) is 8.41. The minimum Gasteiger partial charge on any atom is -0.314 e. The zero-order chi connectivity index (χ0) is 14.4. The molecule has 0 amide bonds. The highest BCUT2D eigenvalue weighted by molar-refractivity contribution is 4.79. The first-order chi connectivity index (χ1) is 9.12. The van der Waals surface area contributed by atoms with Crippen molar-refractivity contribution >= 4 is 0 Å². The highest BCUT2D eigenvalue weighted by atomic mass is 15.0. The van der Waals surface area contributed by atoms with Crippen LogP contribution in [0.15, 0.2) is 0 Å². The molecule has 116 valence electrons. The Balaban J connectivity index is 3.32. The molecule has 0 rings (SSSR count). The van der Waals surface area contributed by atoms with E-state index >= 15 is 0 Å². The van der Waals surface area contributed by atoms with Gasteiger partial charge in [0.2, 0.25) is 0 Å². The van der Waals surface area contributed by atoms with Gasteiger partial charge in [-0.05, 0) is 19.4 Å². The van der Waals surface area contributed by atoms with E-state index in [-0.39, 0.29) is 0 Å². The zero-order valence-corrected chi connectivity index (χ0v) is 13.3. The van der Waals surface area contributed by atoms with E-state index in [0.717, 1.165) is 25.9 Å². The first kappa shape index (κ1) is 18.9. The summed E-state index contributed by atoms with van der Waals surface area (Å²) < 4.78 is 0. The Labute approximate surface area is 120 Å². The van der Waals surface area contributed by atoms with E-state index in [1.807, 2.05) is 0 Å². The summed E-state index contributed by atoms with van der Waals surface area (Å²) in [6.07, 6.45) is 13.9. The fourth-order valence-electron chi connectivity index (χ4n) is 2.32. The normalized spacial score (nSPS) is 12.0. The largest absolute Gasteiger partial charge is 0.314 e. The van der Waals surface area contributed by atoms with Gasteiger partial charge in [-0.1, -0.05) is 71.6 Å². The molecule has 0 unspecified atom stereocenters. The van der Waals surface area contributed by atoms with Crippen molar-refractivity contribution in [3.8, 4) is 0 Å². The predicted molar refractivity (Wildman–Crippen MR) is 86.1 cm³/mol. The Morgan fingerprint density at radius 1 is 0.737 bits per heavy atom. The lowest BCUT2D eigenvalue weighted by atomic mass is 10.0. The lowest BCUT2D eigenvalue weighted by Gasteiger charge is -2.25. The number of nitrogens with two attached hydrogens (primary N) is 2. The zero-order valence-electron chi connectivity index (χ0n) is 13.3. The average molecular weight is 271 g/mol. The quantitative estimate of drug-likeness (QED) is 0.334. The van der Waals surface area contributed by atoms with Gasteiger partial charge in [0.1, 0.15) is 0 Å². The van der Waals surface area contributed by atoms with Gasteiger partial charge in [-0.3, -0.25) is 0 Å². The molecule has 0 spiro atoms. The van der Waals surface area contributed by atoms with Crippen molar-refractivity contribution < 1.29 is 0 Å². The second-order valence-electron chi connectivity index (χ2n) is 5.99. The van der Waals surface area contributed by atoms with Gasteiger partial charge >= 0.3 is 0 Å². The molecule has 0 aromatic rings. The van der Waals surface area contributed by atoms with E-state index in [0.29, 0.717) is 0 Å². The summed E-state index contributed by atoms with van der Waals surface area (Å²) in [6, 6.07) is 0. The smallest absolute Gasteiger partial charge is 0.0764 e. The fourth-order valence-corrected chi connectivity index (χ4v) is 2.32. The van der Waals surface area contributed by atoms with Gasteiger partial charge in [-0.15, -0.1) is 0 Å². The van der Waals surface area contributed by atoms with Crippen LogP contribution in [0.25, 0.3) is 0 Å². The van der Waals surface area contributed by atoms with Gasteiger partial charge in [0.05, 0.1) is 5.66 Å². The summed E-state index contributed by atoms with van der Waals surface area (Å²) in [5, 5.41) is 3.41. The molecule has 3 nitrogen and oxygen atoms in total. The van der Waals surface area contributed by atoms with Crippen LogP contribution in [0.4, 0.5) is 0 Å². The Morgan fingerprint density at radius 2 is 1.26 bits per heavy atom. The minimum atomic E-state index is -0.518. The van der Waals surface area contributed by atoms with E-state index in [1.54, 1.807) is 0 Å². The topological polar surface area (TPSA) is 64.1 Å². The third-order valence-electron chi connectivity index (χ3n) is 3.66. The van der Waals surface area contributed by atoms with Gasteiger partial charge in [-0.25, -0.2) is 0 Å². The molecule has 0 aliphatic rings. The highest BCUT2D eigenvalue weighted by Gasteiger charge is 2.17. The summed E-state index contributed by atoms with van der Waals surface area (Å²) in [4.78, 5) is 0. The van der Waals surface area contributed by atoms with E-state index in [2.05, 4.69) is 19.2 Å². The monoisotopic (exact) mass is 271 g/mol. The van der Waals surface area contributed by atoms with Crippen LogP contribution in [0.2, 0.25) is 0 Å². The molecular weight excluding hydrogens is 234 g/mol. The second-order valence-corrected chi connectivity index (χ2v) is 5.99. The number of unbranched alkanes of at least 4 members (excludes halogenated alkanes) is 8. The maximum atomic E-state index is 6.09. The molecule has 0 aliphatic heterocycles. The van der Waals surface area contributed by atoms with Crippen LogP contribution in [0, 0.1) is 0 Å². The van der Waals surface area contributed by atoms with Gasteiger partial charge in [0.15, 0.2) is 0 Å². The maximum absolute atomic E-state index is 6.09. The molecule has 0 aromatic heterocycles. The van der Waals surface area contributed by atoms with E-state index in [4.69, 9.17) is 11.5 Å². The third-order valence-corrected chi connectivity index (χ3v) is 3.66. The molecule has 5 N–H and O–H groups in total. The van der Waals surface area contributed by atoms with Gasteiger partial charge in [0.25, 0.3) is 0 Å². The Kier molecular flexibility index (Phi) is 12.8. The number of nitrogens with one attached hydrogen (secondary N) is 1. The van der Waals surface area contributed by atoms with Crippen LogP contribution in [0.1, 0.15) is 84.5 Å². The number of hydrogen-bond acceptors (Lipinski definition) is 3. The van der Waals surface area contributed by atoms with E-state index in [1.165, 1.54) is 57.8 Å². The molecule has 0 radical (unpaired) electrons. The van der Waals surface area contributed by atoms with Crippen LogP contribution in [-0.4, -0.2) is 18.8 Å². The molecule has 3 heteroatoms. The van der Waals surface area contributed by atoms with Gasteiger partial charge < -0.3 is 16.8 Å². The molecule has 0 fully saturated rings. The van der Waals surface area contributed by atoms with E-state index in [9.17, 15) is 0 Å². The Hall–Kier alpha value is -0.120. The number of rotatable bonds is 14. The summed E-state index contributed by atoms with van der Waals surface area (Å²) in [7, 11) is 0. The van der Waals surface area contributed by atoms with Crippen molar-refractivity contribution in [2.75, 3.05) is 13.1 Å². The van der Waals surface area contributed by atoms with Crippen LogP contribution < -0.4 is 16.8 Å². The molecule has 0 saturated heterocycles. The molecule has 0 heterocycles. The van der Waals surface area contributed by atoms with Crippen molar-refractivity contribution in [2.24, 2.45) is 11.5 Å². The maximum Gasteiger partial charge on any atom is 0.0764 e. The second kappa shape index (κ2) is 12.9. The van der Waals surface area contributed by atoms with Crippen molar-refractivity contribution in [1.82, 2.24) is 5.32 Å². The van der Waals surface area contributed by atoms with Crippen molar-refractivity contribution in [3.05, 3.63) is 0 Å². The summed E-state index contributed by atoms with van der Waals surface area (Å²) in [5.74, 6) is 0.